The molecule has 0 aliphatic rings. The lowest BCUT2D eigenvalue weighted by atomic mass is 10.0. The van der Waals surface area contributed by atoms with Gasteiger partial charge in [-0.05, 0) is 95.9 Å². The van der Waals surface area contributed by atoms with Crippen molar-refractivity contribution in [3.8, 4) is 33.4 Å². The Morgan fingerprint density at radius 3 is 1.16 bits per heavy atom. The van der Waals surface area contributed by atoms with E-state index in [2.05, 4.69) is 38.1 Å². The summed E-state index contributed by atoms with van der Waals surface area (Å²) < 4.78 is 89.8. The summed E-state index contributed by atoms with van der Waals surface area (Å²) in [5.41, 5.74) is 1.90. The Morgan fingerprint density at radius 2 is 0.735 bits per heavy atom. The van der Waals surface area contributed by atoms with E-state index in [1.54, 1.807) is 36.4 Å². The van der Waals surface area contributed by atoms with E-state index in [0.29, 0.717) is 53.6 Å². The number of pyridine rings is 3. The predicted molar refractivity (Wildman–Crippen MR) is 311 cm³/mol. The van der Waals surface area contributed by atoms with Gasteiger partial charge < -0.3 is 15.5 Å². The van der Waals surface area contributed by atoms with Gasteiger partial charge in [0.05, 0.1) is 49.9 Å². The van der Waals surface area contributed by atoms with Crippen LogP contribution in [0.4, 0.5) is 43.8 Å². The minimum atomic E-state index is -0.786. The summed E-state index contributed by atoms with van der Waals surface area (Å²) in [5, 5.41) is 19.7. The molecule has 12 aromatic rings. The molecule has 0 saturated heterocycles. The van der Waals surface area contributed by atoms with Gasteiger partial charge in [0, 0.05) is 63.5 Å². The second-order valence-corrected chi connectivity index (χ2v) is 18.9. The zero-order valence-corrected chi connectivity index (χ0v) is 44.2. The van der Waals surface area contributed by atoms with E-state index in [-0.39, 0.29) is 33.4 Å². The fraction of sp³-hybridized carbons (Fsp3) is 0.0769. The highest BCUT2D eigenvalue weighted by Crippen LogP contribution is 2.30. The van der Waals surface area contributed by atoms with E-state index in [4.69, 9.17) is 0 Å². The van der Waals surface area contributed by atoms with Crippen LogP contribution in [-0.4, -0.2) is 42.4 Å². The van der Waals surface area contributed by atoms with Crippen LogP contribution in [0, 0.1) is 34.9 Å². The molecule has 0 radical (unpaired) electrons. The van der Waals surface area contributed by atoms with Crippen LogP contribution >= 0.6 is 0 Å². The molecule has 0 amide bonds. The lowest BCUT2D eigenvalue weighted by molar-refractivity contribution is 0.588. The number of rotatable bonds is 13. The van der Waals surface area contributed by atoms with Gasteiger partial charge in [-0.2, -0.15) is 15.3 Å². The molecule has 414 valence electrons. The van der Waals surface area contributed by atoms with Gasteiger partial charge in [0.2, 0.25) is 0 Å². The molecule has 0 spiro atoms. The van der Waals surface area contributed by atoms with Crippen LogP contribution in [0.3, 0.4) is 0 Å². The molecule has 0 aliphatic heterocycles. The third-order valence-corrected chi connectivity index (χ3v) is 13.3. The van der Waals surface area contributed by atoms with Crippen LogP contribution in [0.25, 0.3) is 49.9 Å². The van der Waals surface area contributed by atoms with Crippen molar-refractivity contribution < 1.29 is 26.3 Å². The molecule has 0 atom stereocenters. The normalized spacial score (nSPS) is 10.9. The molecule has 83 heavy (non-hydrogen) atoms. The Balaban J connectivity index is 0.000000139. The quantitative estimate of drug-likeness (QED) is 0.108. The number of aromatic nitrogens is 6. The molecule has 12 nitrogen and oxygen atoms in total. The molecule has 0 unspecified atom stereocenters. The number of nitrogens with one attached hydrogen (secondary N) is 2. The van der Waals surface area contributed by atoms with Gasteiger partial charge in [0.1, 0.15) is 52.4 Å². The summed E-state index contributed by atoms with van der Waals surface area (Å²) in [6.07, 6.45) is 5.30. The summed E-state index contributed by atoms with van der Waals surface area (Å²) in [4.78, 5) is 39.1. The lowest BCUT2D eigenvalue weighted by Crippen LogP contribution is -2.19. The maximum Gasteiger partial charge on any atom is 0.190 e. The fourth-order valence-corrected chi connectivity index (χ4v) is 9.34. The number of hydrogen-bond donors (Lipinski definition) is 2. The standard InChI is InChI=1S/2C22H17F2N3O.C21H15F2N3O/c1-26(14-15-6-3-2-4-7-15)20-11-10-18-22(19(28)12-13-27(18)25-20)21-16(23)8-5-9-17(21)24;23-16-7-4-8-17(24)21(16)22-18-9-10-20(26-27(18)14-12-19(22)28)25-13-11-15-5-2-1-3-6-15;22-15-7-4-8-16(23)20(15)21-17-9-10-19(25-26(17)12-11-18(21)27)24-13-14-5-2-1-3-6-14/h2-13H,14H2,1H3;1-10,12,14H,11,13H2,(H,25,26);1-12H,13H2,(H,24,25). The van der Waals surface area contributed by atoms with Crippen molar-refractivity contribution in [2.24, 2.45) is 0 Å². The molecule has 0 saturated carbocycles. The first kappa shape index (κ1) is 55.7. The van der Waals surface area contributed by atoms with E-state index in [0.717, 1.165) is 53.9 Å². The Hall–Kier alpha value is -10.6. The zero-order valence-electron chi connectivity index (χ0n) is 44.2. The van der Waals surface area contributed by atoms with E-state index in [9.17, 15) is 40.7 Å². The second kappa shape index (κ2) is 25.2. The van der Waals surface area contributed by atoms with Crippen molar-refractivity contribution in [3.05, 3.63) is 301 Å². The Morgan fingerprint density at radius 1 is 0.373 bits per heavy atom. The monoisotopic (exact) mass is 1120 g/mol. The molecule has 6 aromatic heterocycles. The maximum absolute atomic E-state index is 14.3. The van der Waals surface area contributed by atoms with E-state index >= 15 is 0 Å². The molecular formula is C65H49F6N9O3. The van der Waals surface area contributed by atoms with Crippen molar-refractivity contribution in [2.45, 2.75) is 19.5 Å². The highest BCUT2D eigenvalue weighted by Gasteiger charge is 2.21. The number of nitrogens with zero attached hydrogens (tertiary/aromatic N) is 7. The van der Waals surface area contributed by atoms with Crippen LogP contribution in [0.2, 0.25) is 0 Å². The van der Waals surface area contributed by atoms with Crippen LogP contribution in [0.5, 0.6) is 0 Å². The van der Waals surface area contributed by atoms with Gasteiger partial charge in [0.15, 0.2) is 16.3 Å². The maximum atomic E-state index is 14.3. The molecular weight excluding hydrogens is 1070 g/mol. The summed E-state index contributed by atoms with van der Waals surface area (Å²) in [5.74, 6) is -2.85. The summed E-state index contributed by atoms with van der Waals surface area (Å²) in [6.45, 7) is 1.90. The molecule has 0 fully saturated rings. The molecule has 2 N–H and O–H groups in total. The average molecular weight is 1120 g/mol. The van der Waals surface area contributed by atoms with Crippen molar-refractivity contribution in [3.63, 3.8) is 0 Å². The predicted octanol–water partition coefficient (Wildman–Crippen LogP) is 12.8. The van der Waals surface area contributed by atoms with Gasteiger partial charge in [-0.15, -0.1) is 0 Å². The Kier molecular flexibility index (Phi) is 16.9. The number of hydrogen-bond acceptors (Lipinski definition) is 9. The largest absolute Gasteiger partial charge is 0.368 e. The van der Waals surface area contributed by atoms with E-state index in [1.165, 1.54) is 74.1 Å². The molecule has 6 aromatic carbocycles. The third-order valence-electron chi connectivity index (χ3n) is 13.3. The summed E-state index contributed by atoms with van der Waals surface area (Å²) in [6, 6.07) is 54.2. The topological polar surface area (TPSA) is 130 Å². The Labute approximate surface area is 470 Å². The SMILES string of the molecule is CN(Cc1ccccc1)c1ccc2c(-c3c(F)cccc3F)c(=O)ccn2n1.O=c1ccn2nc(NCCc3ccccc3)ccc2c1-c1c(F)cccc1F.O=c1ccn2nc(NCc3ccccc3)ccc2c1-c1c(F)cccc1F. The van der Waals surface area contributed by atoms with Gasteiger partial charge in [-0.1, -0.05) is 109 Å². The molecule has 18 heteroatoms. The first-order chi connectivity index (χ1) is 40.3. The molecule has 0 bridgehead atoms. The summed E-state index contributed by atoms with van der Waals surface area (Å²) in [7, 11) is 1.90. The van der Waals surface area contributed by atoms with Gasteiger partial charge in [-0.3, -0.25) is 14.4 Å². The van der Waals surface area contributed by atoms with Crippen LogP contribution in [0.15, 0.2) is 233 Å². The highest BCUT2D eigenvalue weighted by atomic mass is 19.2. The van der Waals surface area contributed by atoms with Crippen molar-refractivity contribution in [1.82, 2.24) is 28.8 Å². The first-order valence-electron chi connectivity index (χ1n) is 26.0. The molecule has 0 aliphatic carbocycles. The highest BCUT2D eigenvalue weighted by molar-refractivity contribution is 5.83. The van der Waals surface area contributed by atoms with Crippen molar-refractivity contribution in [2.75, 3.05) is 29.1 Å². The molecule has 12 rings (SSSR count). The third kappa shape index (κ3) is 12.7. The van der Waals surface area contributed by atoms with Crippen molar-refractivity contribution in [1.29, 1.82) is 0 Å². The summed E-state index contributed by atoms with van der Waals surface area (Å²) >= 11 is 0. The fourth-order valence-electron chi connectivity index (χ4n) is 9.34. The first-order valence-corrected chi connectivity index (χ1v) is 26.0. The van der Waals surface area contributed by atoms with Crippen LogP contribution in [-0.2, 0) is 19.5 Å². The zero-order chi connectivity index (χ0) is 58.0. The molecule has 6 heterocycles. The van der Waals surface area contributed by atoms with Gasteiger partial charge in [-0.25, -0.2) is 39.9 Å². The minimum absolute atomic E-state index is 0.0390. The van der Waals surface area contributed by atoms with Crippen LogP contribution in [0.1, 0.15) is 16.7 Å². The van der Waals surface area contributed by atoms with Gasteiger partial charge in [0.25, 0.3) is 0 Å². The number of benzene rings is 6. The average Bonchev–Trinajstić information content (AvgIpc) is 3.42. The lowest BCUT2D eigenvalue weighted by Gasteiger charge is -2.19. The van der Waals surface area contributed by atoms with Gasteiger partial charge >= 0.3 is 0 Å². The smallest absolute Gasteiger partial charge is 0.190 e. The van der Waals surface area contributed by atoms with Crippen LogP contribution < -0.4 is 31.8 Å². The van der Waals surface area contributed by atoms with E-state index < -0.39 is 51.2 Å². The number of fused-ring (bicyclic) bond motifs is 3. The number of anilines is 3. The van der Waals surface area contributed by atoms with E-state index in [1.807, 2.05) is 90.8 Å². The number of halogens is 6. The second-order valence-electron chi connectivity index (χ2n) is 18.9. The Bertz CT molecular complexity index is 4410. The van der Waals surface area contributed by atoms with Crippen molar-refractivity contribution >= 4 is 34.0 Å². The minimum Gasteiger partial charge on any atom is -0.368 e.